The zero-order valence-corrected chi connectivity index (χ0v) is 15.9. The lowest BCUT2D eigenvalue weighted by molar-refractivity contribution is -0.383. The molecule has 0 radical (unpaired) electrons. The summed E-state index contributed by atoms with van der Waals surface area (Å²) in [5.41, 5.74) is 1.97. The van der Waals surface area contributed by atoms with Crippen LogP contribution in [0.3, 0.4) is 0 Å². The van der Waals surface area contributed by atoms with Crippen LogP contribution in [0.4, 0.5) is 23.0 Å². The third-order valence-electron chi connectivity index (χ3n) is 4.82. The second-order valence-corrected chi connectivity index (χ2v) is 6.87. The number of nitro groups is 1. The molecular formula is C19H26N6O2. The summed E-state index contributed by atoms with van der Waals surface area (Å²) in [5, 5.41) is 14.9. The van der Waals surface area contributed by atoms with Crippen LogP contribution in [0, 0.1) is 10.1 Å². The molecule has 3 rings (SSSR count). The summed E-state index contributed by atoms with van der Waals surface area (Å²) in [6.07, 6.45) is 4.73. The molecule has 0 spiro atoms. The van der Waals surface area contributed by atoms with Crippen LogP contribution in [0.2, 0.25) is 0 Å². The van der Waals surface area contributed by atoms with E-state index in [1.807, 2.05) is 36.2 Å². The molecule has 2 aromatic rings. The molecule has 1 aliphatic rings. The second-order valence-electron chi connectivity index (χ2n) is 6.87. The number of piperazine rings is 1. The molecule has 8 heteroatoms. The van der Waals surface area contributed by atoms with Gasteiger partial charge in [-0.3, -0.25) is 10.1 Å². The maximum absolute atomic E-state index is 11.8. The van der Waals surface area contributed by atoms with E-state index in [2.05, 4.69) is 27.1 Å². The average molecular weight is 370 g/mol. The largest absolute Gasteiger partial charge is 0.353 e. The predicted molar refractivity (Wildman–Crippen MR) is 107 cm³/mol. The fraction of sp³-hybridized carbons (Fsp3) is 0.474. The van der Waals surface area contributed by atoms with Gasteiger partial charge in [0.1, 0.15) is 6.33 Å². The molecule has 144 valence electrons. The quantitative estimate of drug-likeness (QED) is 0.591. The lowest BCUT2D eigenvalue weighted by atomic mass is 10.1. The molecule has 27 heavy (non-hydrogen) atoms. The third-order valence-corrected chi connectivity index (χ3v) is 4.82. The highest BCUT2D eigenvalue weighted by molar-refractivity contribution is 5.74. The molecule has 2 heterocycles. The van der Waals surface area contributed by atoms with E-state index in [1.165, 1.54) is 11.9 Å². The van der Waals surface area contributed by atoms with Crippen LogP contribution in [0.5, 0.6) is 0 Å². The van der Waals surface area contributed by atoms with Crippen LogP contribution >= 0.6 is 0 Å². The molecule has 0 unspecified atom stereocenters. The molecule has 0 amide bonds. The molecular weight excluding hydrogens is 344 g/mol. The van der Waals surface area contributed by atoms with E-state index in [1.54, 1.807) is 0 Å². The summed E-state index contributed by atoms with van der Waals surface area (Å²) >= 11 is 0. The van der Waals surface area contributed by atoms with Crippen molar-refractivity contribution in [2.45, 2.75) is 26.2 Å². The van der Waals surface area contributed by atoms with Gasteiger partial charge in [-0.2, -0.15) is 0 Å². The fourth-order valence-electron chi connectivity index (χ4n) is 3.15. The third kappa shape index (κ3) is 4.71. The summed E-state index contributed by atoms with van der Waals surface area (Å²) in [6, 6.07) is 7.97. The van der Waals surface area contributed by atoms with Gasteiger partial charge in [0.2, 0.25) is 11.6 Å². The molecule has 0 aliphatic carbocycles. The highest BCUT2D eigenvalue weighted by atomic mass is 16.6. The number of likely N-dealkylation sites (N-methyl/N-ethyl adjacent to an activating group) is 1. The Labute approximate surface area is 159 Å². The van der Waals surface area contributed by atoms with Crippen molar-refractivity contribution >= 4 is 23.0 Å². The molecule has 1 saturated heterocycles. The number of nitrogens with zero attached hydrogens (tertiary/aromatic N) is 5. The first-order valence-electron chi connectivity index (χ1n) is 9.37. The minimum Gasteiger partial charge on any atom is -0.348 e. The normalized spacial score (nSPS) is 15.0. The van der Waals surface area contributed by atoms with Gasteiger partial charge in [-0.1, -0.05) is 25.5 Å². The summed E-state index contributed by atoms with van der Waals surface area (Å²) in [6.45, 7) is 5.29. The van der Waals surface area contributed by atoms with Crippen LogP contribution in [-0.4, -0.2) is 53.0 Å². The monoisotopic (exact) mass is 370 g/mol. The van der Waals surface area contributed by atoms with Crippen LogP contribution in [0.1, 0.15) is 25.3 Å². The van der Waals surface area contributed by atoms with Gasteiger partial charge in [0.05, 0.1) is 4.92 Å². The number of aromatic nitrogens is 2. The number of nitrogens with one attached hydrogen (secondary N) is 1. The summed E-state index contributed by atoms with van der Waals surface area (Å²) in [4.78, 5) is 23.9. The molecule has 1 aromatic heterocycles. The number of hydrogen-bond acceptors (Lipinski definition) is 7. The number of anilines is 3. The van der Waals surface area contributed by atoms with Crippen molar-refractivity contribution in [3.8, 4) is 0 Å². The van der Waals surface area contributed by atoms with Crippen LogP contribution < -0.4 is 10.2 Å². The van der Waals surface area contributed by atoms with Crippen molar-refractivity contribution in [3.63, 3.8) is 0 Å². The minimum absolute atomic E-state index is 0.0721. The highest BCUT2D eigenvalue weighted by Gasteiger charge is 2.28. The number of hydrogen-bond donors (Lipinski definition) is 1. The zero-order chi connectivity index (χ0) is 19.2. The SMILES string of the molecule is CCCCc1ccc(Nc2ncnc(N3CCN(C)CC3)c2[N+](=O)[O-])cc1. The van der Waals surface area contributed by atoms with Crippen molar-refractivity contribution in [2.75, 3.05) is 43.4 Å². The van der Waals surface area contributed by atoms with Crippen molar-refractivity contribution < 1.29 is 4.92 Å². The van der Waals surface area contributed by atoms with Crippen LogP contribution in [-0.2, 0) is 6.42 Å². The van der Waals surface area contributed by atoms with E-state index < -0.39 is 4.92 Å². The first-order valence-corrected chi connectivity index (χ1v) is 9.37. The van der Waals surface area contributed by atoms with E-state index in [0.29, 0.717) is 18.9 Å². The van der Waals surface area contributed by atoms with Crippen LogP contribution in [0.25, 0.3) is 0 Å². The van der Waals surface area contributed by atoms with Gasteiger partial charge in [-0.15, -0.1) is 0 Å². The van der Waals surface area contributed by atoms with Gasteiger partial charge in [-0.05, 0) is 37.6 Å². The maximum atomic E-state index is 11.8. The summed E-state index contributed by atoms with van der Waals surface area (Å²) in [5.74, 6) is 0.607. The Bertz CT molecular complexity index is 772. The van der Waals surface area contributed by atoms with Gasteiger partial charge in [-0.25, -0.2) is 9.97 Å². The standard InChI is InChI=1S/C19H26N6O2/c1-3-4-5-15-6-8-16(9-7-15)22-18-17(25(26)27)19(21-14-20-18)24-12-10-23(2)11-13-24/h6-9,14H,3-5,10-13H2,1-2H3,(H,20,21,22). The van der Waals surface area contributed by atoms with Gasteiger partial charge in [0.25, 0.3) is 0 Å². The molecule has 1 fully saturated rings. The highest BCUT2D eigenvalue weighted by Crippen LogP contribution is 2.33. The van der Waals surface area contributed by atoms with Gasteiger partial charge >= 0.3 is 5.69 Å². The van der Waals surface area contributed by atoms with Crippen molar-refractivity contribution in [2.24, 2.45) is 0 Å². The molecule has 1 aromatic carbocycles. The smallest absolute Gasteiger partial charge is 0.348 e. The first-order chi connectivity index (χ1) is 13.1. The molecule has 0 saturated carbocycles. The Morgan fingerprint density at radius 1 is 1.15 bits per heavy atom. The number of benzene rings is 1. The number of rotatable bonds is 7. The zero-order valence-electron chi connectivity index (χ0n) is 15.9. The Hall–Kier alpha value is -2.74. The fourth-order valence-corrected chi connectivity index (χ4v) is 3.15. The average Bonchev–Trinajstić information content (AvgIpc) is 2.67. The summed E-state index contributed by atoms with van der Waals surface area (Å²) < 4.78 is 0. The number of unbranched alkanes of at least 4 members (excludes halogenated alkanes) is 1. The van der Waals surface area contributed by atoms with Crippen molar-refractivity contribution in [3.05, 3.63) is 46.3 Å². The van der Waals surface area contributed by atoms with E-state index in [9.17, 15) is 10.1 Å². The lowest BCUT2D eigenvalue weighted by Crippen LogP contribution is -2.45. The van der Waals surface area contributed by atoms with Crippen molar-refractivity contribution in [1.82, 2.24) is 14.9 Å². The van der Waals surface area contributed by atoms with E-state index in [4.69, 9.17) is 0 Å². The van der Waals surface area contributed by atoms with E-state index in [0.717, 1.165) is 38.0 Å². The van der Waals surface area contributed by atoms with Crippen molar-refractivity contribution in [1.29, 1.82) is 0 Å². The maximum Gasteiger partial charge on any atom is 0.353 e. The molecule has 0 atom stereocenters. The van der Waals surface area contributed by atoms with Gasteiger partial charge < -0.3 is 15.1 Å². The molecule has 0 bridgehead atoms. The van der Waals surface area contributed by atoms with E-state index >= 15 is 0 Å². The Balaban J connectivity index is 1.82. The second kappa shape index (κ2) is 8.77. The molecule has 8 nitrogen and oxygen atoms in total. The summed E-state index contributed by atoms with van der Waals surface area (Å²) in [7, 11) is 2.04. The molecule has 1 N–H and O–H groups in total. The lowest BCUT2D eigenvalue weighted by Gasteiger charge is -2.32. The van der Waals surface area contributed by atoms with Gasteiger partial charge in [0.15, 0.2) is 0 Å². The Kier molecular flexibility index (Phi) is 6.18. The molecule has 1 aliphatic heterocycles. The first kappa shape index (κ1) is 19.0. The minimum atomic E-state index is -0.397. The van der Waals surface area contributed by atoms with Crippen LogP contribution in [0.15, 0.2) is 30.6 Å². The number of aryl methyl sites for hydroxylation is 1. The topological polar surface area (TPSA) is 87.4 Å². The van der Waals surface area contributed by atoms with E-state index in [-0.39, 0.29) is 11.5 Å². The Morgan fingerprint density at radius 2 is 1.85 bits per heavy atom. The predicted octanol–water partition coefficient (Wildman–Crippen LogP) is 3.22. The van der Waals surface area contributed by atoms with Gasteiger partial charge in [0, 0.05) is 31.9 Å². The Morgan fingerprint density at radius 3 is 2.48 bits per heavy atom.